The summed E-state index contributed by atoms with van der Waals surface area (Å²) in [5.74, 6) is 0. The molecule has 0 amide bonds. The van der Waals surface area contributed by atoms with E-state index in [1.54, 1.807) is 11.3 Å². The lowest BCUT2D eigenvalue weighted by atomic mass is 9.93. The largest absolute Gasteiger partial charge is 0.312 e. The maximum atomic E-state index is 4.71. The summed E-state index contributed by atoms with van der Waals surface area (Å²) >= 11 is 1.80. The van der Waals surface area contributed by atoms with Crippen molar-refractivity contribution >= 4 is 11.3 Å². The molecule has 3 heteroatoms. The molecule has 1 aromatic rings. The lowest BCUT2D eigenvalue weighted by Gasteiger charge is -2.20. The van der Waals surface area contributed by atoms with Crippen molar-refractivity contribution < 1.29 is 0 Å². The summed E-state index contributed by atoms with van der Waals surface area (Å²) in [7, 11) is 0. The molecule has 0 saturated carbocycles. The first kappa shape index (κ1) is 14.7. The number of aromatic nitrogens is 1. The Hall–Kier alpha value is -0.410. The van der Waals surface area contributed by atoms with Crippen LogP contribution in [0.1, 0.15) is 58.7 Å². The van der Waals surface area contributed by atoms with Crippen LogP contribution in [0.2, 0.25) is 0 Å². The van der Waals surface area contributed by atoms with Gasteiger partial charge in [-0.1, -0.05) is 20.8 Å². The number of thiazole rings is 1. The minimum Gasteiger partial charge on any atom is -0.312 e. The van der Waals surface area contributed by atoms with Crippen LogP contribution in [0, 0.1) is 0 Å². The average Bonchev–Trinajstić information content (AvgIpc) is 2.58. The molecule has 0 saturated heterocycles. The van der Waals surface area contributed by atoms with Crippen molar-refractivity contribution in [2.45, 2.75) is 65.3 Å². The molecule has 98 valence electrons. The molecule has 17 heavy (non-hydrogen) atoms. The van der Waals surface area contributed by atoms with E-state index < -0.39 is 0 Å². The van der Waals surface area contributed by atoms with Crippen LogP contribution in [0.25, 0.3) is 0 Å². The lowest BCUT2D eigenvalue weighted by molar-refractivity contribution is 0.422. The zero-order valence-corrected chi connectivity index (χ0v) is 12.9. The Bertz CT molecular complexity index is 342. The van der Waals surface area contributed by atoms with Crippen molar-refractivity contribution in [3.63, 3.8) is 0 Å². The second-order valence-corrected chi connectivity index (χ2v) is 7.60. The van der Waals surface area contributed by atoms with Gasteiger partial charge in [0.2, 0.25) is 0 Å². The number of nitrogens with zero attached hydrogens (tertiary/aromatic N) is 1. The third-order valence-electron chi connectivity index (χ3n) is 2.54. The molecule has 0 bridgehead atoms. The zero-order chi connectivity index (χ0) is 13.1. The quantitative estimate of drug-likeness (QED) is 0.828. The van der Waals surface area contributed by atoms with Gasteiger partial charge in [-0.2, -0.15) is 0 Å². The van der Waals surface area contributed by atoms with Crippen LogP contribution in [0.15, 0.2) is 5.38 Å². The molecule has 1 aromatic heterocycles. The van der Waals surface area contributed by atoms with E-state index in [4.69, 9.17) is 4.98 Å². The van der Waals surface area contributed by atoms with Crippen molar-refractivity contribution in [1.29, 1.82) is 0 Å². The minimum atomic E-state index is 0.179. The summed E-state index contributed by atoms with van der Waals surface area (Å²) in [5.41, 5.74) is 1.62. The third kappa shape index (κ3) is 5.64. The molecule has 0 aromatic carbocycles. The molecule has 1 heterocycles. The Labute approximate surface area is 110 Å². The van der Waals surface area contributed by atoms with Gasteiger partial charge in [-0.25, -0.2) is 4.98 Å². The van der Waals surface area contributed by atoms with Crippen molar-refractivity contribution in [1.82, 2.24) is 10.3 Å². The van der Waals surface area contributed by atoms with Gasteiger partial charge >= 0.3 is 0 Å². The zero-order valence-electron chi connectivity index (χ0n) is 12.1. The Balaban J connectivity index is 2.36. The van der Waals surface area contributed by atoms with Crippen LogP contribution in [0.5, 0.6) is 0 Å². The van der Waals surface area contributed by atoms with E-state index in [9.17, 15) is 0 Å². The van der Waals surface area contributed by atoms with Gasteiger partial charge in [-0.05, 0) is 33.7 Å². The van der Waals surface area contributed by atoms with Crippen LogP contribution >= 0.6 is 11.3 Å². The summed E-state index contributed by atoms with van der Waals surface area (Å²) < 4.78 is 0. The maximum Gasteiger partial charge on any atom is 0.0928 e. The lowest BCUT2D eigenvalue weighted by Crippen LogP contribution is -2.36. The molecule has 0 aliphatic heterocycles. The van der Waals surface area contributed by atoms with E-state index in [-0.39, 0.29) is 11.0 Å². The van der Waals surface area contributed by atoms with E-state index in [2.05, 4.69) is 52.2 Å². The van der Waals surface area contributed by atoms with E-state index in [0.717, 1.165) is 19.4 Å². The van der Waals surface area contributed by atoms with Gasteiger partial charge in [0.1, 0.15) is 0 Å². The SMILES string of the molecule is CC(C)(C)NCCCc1nc(C(C)(C)C)cs1. The van der Waals surface area contributed by atoms with Gasteiger partial charge < -0.3 is 5.32 Å². The van der Waals surface area contributed by atoms with Gasteiger partial charge in [0.05, 0.1) is 10.7 Å². The average molecular weight is 254 g/mol. The topological polar surface area (TPSA) is 24.9 Å². The second kappa shape index (κ2) is 5.49. The molecule has 1 rings (SSSR count). The Morgan fingerprint density at radius 3 is 2.29 bits per heavy atom. The molecule has 2 nitrogen and oxygen atoms in total. The van der Waals surface area contributed by atoms with Crippen molar-refractivity contribution in [2.24, 2.45) is 0 Å². The summed E-state index contributed by atoms with van der Waals surface area (Å²) in [5, 5.41) is 6.98. The van der Waals surface area contributed by atoms with E-state index in [1.807, 2.05) is 0 Å². The number of aryl methyl sites for hydroxylation is 1. The summed E-state index contributed by atoms with van der Waals surface area (Å²) in [6.07, 6.45) is 2.25. The molecule has 0 fully saturated rings. The van der Waals surface area contributed by atoms with E-state index >= 15 is 0 Å². The minimum absolute atomic E-state index is 0.179. The Kier molecular flexibility index (Phi) is 4.73. The number of rotatable bonds is 4. The molecule has 0 aliphatic rings. The second-order valence-electron chi connectivity index (χ2n) is 6.66. The molecule has 0 unspecified atom stereocenters. The van der Waals surface area contributed by atoms with Gasteiger partial charge in [-0.3, -0.25) is 0 Å². The van der Waals surface area contributed by atoms with Crippen molar-refractivity contribution in [3.8, 4) is 0 Å². The summed E-state index contributed by atoms with van der Waals surface area (Å²) in [6, 6.07) is 0. The third-order valence-corrected chi connectivity index (χ3v) is 3.45. The highest BCUT2D eigenvalue weighted by molar-refractivity contribution is 7.09. The normalized spacial score (nSPS) is 13.1. The molecule has 0 atom stereocenters. The highest BCUT2D eigenvalue weighted by Gasteiger charge is 2.17. The van der Waals surface area contributed by atoms with Crippen LogP contribution in [-0.4, -0.2) is 17.1 Å². The monoisotopic (exact) mass is 254 g/mol. The first-order valence-electron chi connectivity index (χ1n) is 6.38. The standard InChI is InChI=1S/C14H26N2S/c1-13(2,3)11-10-17-12(16-11)8-7-9-15-14(4,5)6/h10,15H,7-9H2,1-6H3. The predicted molar refractivity (Wildman–Crippen MR) is 76.9 cm³/mol. The molecular weight excluding hydrogens is 228 g/mol. The fraction of sp³-hybridized carbons (Fsp3) is 0.786. The van der Waals surface area contributed by atoms with E-state index in [0.29, 0.717) is 0 Å². The molecule has 0 radical (unpaired) electrons. The van der Waals surface area contributed by atoms with Crippen LogP contribution in [0.3, 0.4) is 0 Å². The molecular formula is C14H26N2S. The fourth-order valence-electron chi connectivity index (χ4n) is 1.47. The first-order chi connectivity index (χ1) is 7.68. The Morgan fingerprint density at radius 2 is 1.82 bits per heavy atom. The maximum absolute atomic E-state index is 4.71. The number of hydrogen-bond acceptors (Lipinski definition) is 3. The Morgan fingerprint density at radius 1 is 1.18 bits per heavy atom. The van der Waals surface area contributed by atoms with Crippen molar-refractivity contribution in [2.75, 3.05) is 6.54 Å². The van der Waals surface area contributed by atoms with Crippen LogP contribution in [0.4, 0.5) is 0 Å². The van der Waals surface area contributed by atoms with Crippen molar-refractivity contribution in [3.05, 3.63) is 16.1 Å². The van der Waals surface area contributed by atoms with Crippen LogP contribution in [-0.2, 0) is 11.8 Å². The number of nitrogens with one attached hydrogen (secondary N) is 1. The number of hydrogen-bond donors (Lipinski definition) is 1. The van der Waals surface area contributed by atoms with Gasteiger partial charge in [0, 0.05) is 22.8 Å². The first-order valence-corrected chi connectivity index (χ1v) is 7.26. The molecule has 0 aliphatic carbocycles. The molecule has 1 N–H and O–H groups in total. The predicted octanol–water partition coefficient (Wildman–Crippen LogP) is 3.76. The van der Waals surface area contributed by atoms with E-state index in [1.165, 1.54) is 10.7 Å². The smallest absolute Gasteiger partial charge is 0.0928 e. The van der Waals surface area contributed by atoms with Gasteiger partial charge in [0.25, 0.3) is 0 Å². The summed E-state index contributed by atoms with van der Waals surface area (Å²) in [4.78, 5) is 4.71. The fourth-order valence-corrected chi connectivity index (χ4v) is 2.54. The summed E-state index contributed by atoms with van der Waals surface area (Å²) in [6.45, 7) is 14.3. The van der Waals surface area contributed by atoms with Gasteiger partial charge in [-0.15, -0.1) is 11.3 Å². The highest BCUT2D eigenvalue weighted by atomic mass is 32.1. The van der Waals surface area contributed by atoms with Gasteiger partial charge in [0.15, 0.2) is 0 Å². The highest BCUT2D eigenvalue weighted by Crippen LogP contribution is 2.24. The van der Waals surface area contributed by atoms with Crippen LogP contribution < -0.4 is 5.32 Å². The molecule has 0 spiro atoms.